The van der Waals surface area contributed by atoms with Gasteiger partial charge in [0.15, 0.2) is 5.65 Å². The molecule has 0 spiro atoms. The summed E-state index contributed by atoms with van der Waals surface area (Å²) in [6, 6.07) is 20.3. The minimum Gasteiger partial charge on any atom is -0.338 e. The molecule has 0 atom stereocenters. The molecule has 5 nitrogen and oxygen atoms in total. The standard InChI is InChI=1S/C21H17N5/c1-13-16(20-23-18-10-6-7-11-19(18)24-20)12-17-14(2)25-26(21(17)22-13)15-8-4-3-5-9-15/h3-12H,1-2H3,(H,23,24). The molecule has 0 fully saturated rings. The Hall–Kier alpha value is -3.47. The number of imidazole rings is 1. The minimum absolute atomic E-state index is 0.838. The number of aryl methyl sites for hydroxylation is 2. The van der Waals surface area contributed by atoms with Crippen LogP contribution in [0.1, 0.15) is 11.4 Å². The van der Waals surface area contributed by atoms with E-state index in [-0.39, 0.29) is 0 Å². The van der Waals surface area contributed by atoms with Gasteiger partial charge in [-0.1, -0.05) is 30.3 Å². The minimum atomic E-state index is 0.838. The fraction of sp³-hybridized carbons (Fsp3) is 0.0952. The second kappa shape index (κ2) is 5.52. The number of pyridine rings is 1. The lowest BCUT2D eigenvalue weighted by molar-refractivity contribution is 0.875. The molecule has 0 unspecified atom stereocenters. The van der Waals surface area contributed by atoms with Crippen molar-refractivity contribution in [3.05, 3.63) is 72.1 Å². The van der Waals surface area contributed by atoms with E-state index in [1.165, 1.54) is 0 Å². The first-order chi connectivity index (χ1) is 12.7. The van der Waals surface area contributed by atoms with Crippen molar-refractivity contribution in [1.29, 1.82) is 0 Å². The first-order valence-electron chi connectivity index (χ1n) is 8.58. The smallest absolute Gasteiger partial charge is 0.163 e. The number of H-pyrrole nitrogens is 1. The second-order valence-electron chi connectivity index (χ2n) is 6.43. The maximum Gasteiger partial charge on any atom is 0.163 e. The molecule has 3 heterocycles. The predicted octanol–water partition coefficient (Wildman–Crippen LogP) is 4.58. The monoisotopic (exact) mass is 339 g/mol. The third kappa shape index (κ3) is 2.21. The van der Waals surface area contributed by atoms with Gasteiger partial charge in [0, 0.05) is 10.9 Å². The summed E-state index contributed by atoms with van der Waals surface area (Å²) < 4.78 is 1.90. The number of fused-ring (bicyclic) bond motifs is 2. The van der Waals surface area contributed by atoms with E-state index in [4.69, 9.17) is 15.1 Å². The van der Waals surface area contributed by atoms with Crippen molar-refractivity contribution in [1.82, 2.24) is 24.7 Å². The van der Waals surface area contributed by atoms with Crippen LogP contribution >= 0.6 is 0 Å². The van der Waals surface area contributed by atoms with Crippen molar-refractivity contribution in [2.24, 2.45) is 0 Å². The van der Waals surface area contributed by atoms with E-state index in [2.05, 4.69) is 11.1 Å². The van der Waals surface area contributed by atoms with Crippen LogP contribution in [0.25, 0.3) is 39.1 Å². The summed E-state index contributed by atoms with van der Waals surface area (Å²) in [5.41, 5.74) is 6.74. The van der Waals surface area contributed by atoms with Crippen LogP contribution in [0.4, 0.5) is 0 Å². The highest BCUT2D eigenvalue weighted by Gasteiger charge is 2.16. The van der Waals surface area contributed by atoms with Gasteiger partial charge >= 0.3 is 0 Å². The topological polar surface area (TPSA) is 59.4 Å². The molecule has 0 saturated carbocycles. The molecular weight excluding hydrogens is 322 g/mol. The number of nitrogens with zero attached hydrogens (tertiary/aromatic N) is 4. The molecule has 5 heteroatoms. The molecule has 0 aliphatic rings. The molecule has 126 valence electrons. The zero-order valence-electron chi connectivity index (χ0n) is 14.6. The molecule has 0 amide bonds. The summed E-state index contributed by atoms with van der Waals surface area (Å²) in [5, 5.41) is 5.74. The van der Waals surface area contributed by atoms with Crippen LogP contribution < -0.4 is 0 Å². The Kier molecular flexibility index (Phi) is 3.15. The third-order valence-corrected chi connectivity index (χ3v) is 4.68. The van der Waals surface area contributed by atoms with E-state index in [0.29, 0.717) is 0 Å². The van der Waals surface area contributed by atoms with Gasteiger partial charge in [-0.05, 0) is 44.2 Å². The Labute approximate surface area is 150 Å². The predicted molar refractivity (Wildman–Crippen MR) is 103 cm³/mol. The Balaban J connectivity index is 1.74. The first kappa shape index (κ1) is 14.8. The Morgan fingerprint density at radius 3 is 2.42 bits per heavy atom. The van der Waals surface area contributed by atoms with Crippen molar-refractivity contribution in [3.8, 4) is 17.1 Å². The molecule has 26 heavy (non-hydrogen) atoms. The fourth-order valence-corrected chi connectivity index (χ4v) is 3.34. The number of para-hydroxylation sites is 3. The van der Waals surface area contributed by atoms with E-state index < -0.39 is 0 Å². The lowest BCUT2D eigenvalue weighted by Gasteiger charge is -2.05. The second-order valence-corrected chi connectivity index (χ2v) is 6.43. The molecule has 0 aliphatic heterocycles. The van der Waals surface area contributed by atoms with Gasteiger partial charge in [0.25, 0.3) is 0 Å². The summed E-state index contributed by atoms with van der Waals surface area (Å²) in [4.78, 5) is 13.0. The van der Waals surface area contributed by atoms with Gasteiger partial charge in [0.2, 0.25) is 0 Å². The maximum atomic E-state index is 4.86. The average molecular weight is 339 g/mol. The van der Waals surface area contributed by atoms with Crippen molar-refractivity contribution in [3.63, 3.8) is 0 Å². The Bertz CT molecular complexity index is 1210. The highest BCUT2D eigenvalue weighted by Crippen LogP contribution is 2.28. The number of hydrogen-bond donors (Lipinski definition) is 1. The van der Waals surface area contributed by atoms with Gasteiger partial charge in [-0.3, -0.25) is 0 Å². The SMILES string of the molecule is Cc1nc2c(cc1-c1nc3ccccc3[nH]1)c(C)nn2-c1ccccc1. The van der Waals surface area contributed by atoms with Gasteiger partial charge in [0.05, 0.1) is 28.1 Å². The number of aromatic nitrogens is 5. The Morgan fingerprint density at radius 2 is 1.62 bits per heavy atom. The first-order valence-corrected chi connectivity index (χ1v) is 8.58. The summed E-state index contributed by atoms with van der Waals surface area (Å²) in [6.07, 6.45) is 0. The Morgan fingerprint density at radius 1 is 0.846 bits per heavy atom. The lowest BCUT2D eigenvalue weighted by atomic mass is 10.1. The number of benzene rings is 2. The van der Waals surface area contributed by atoms with Crippen LogP contribution in [0.5, 0.6) is 0 Å². The van der Waals surface area contributed by atoms with Gasteiger partial charge in [-0.15, -0.1) is 0 Å². The highest BCUT2D eigenvalue weighted by molar-refractivity contribution is 5.86. The van der Waals surface area contributed by atoms with Gasteiger partial charge in [-0.2, -0.15) is 5.10 Å². The molecule has 5 rings (SSSR count). The van der Waals surface area contributed by atoms with E-state index >= 15 is 0 Å². The van der Waals surface area contributed by atoms with Crippen LogP contribution in [0.2, 0.25) is 0 Å². The van der Waals surface area contributed by atoms with Crippen LogP contribution in [-0.2, 0) is 0 Å². The van der Waals surface area contributed by atoms with Crippen LogP contribution in [0.3, 0.4) is 0 Å². The summed E-state index contributed by atoms with van der Waals surface area (Å²) in [6.45, 7) is 4.03. The molecule has 0 aliphatic carbocycles. The zero-order chi connectivity index (χ0) is 17.7. The molecule has 3 aromatic heterocycles. The van der Waals surface area contributed by atoms with E-state index in [1.54, 1.807) is 0 Å². The number of rotatable bonds is 2. The highest BCUT2D eigenvalue weighted by atomic mass is 15.3. The maximum absolute atomic E-state index is 4.86. The van der Waals surface area contributed by atoms with Gasteiger partial charge in [0.1, 0.15) is 5.82 Å². The molecule has 1 N–H and O–H groups in total. The van der Waals surface area contributed by atoms with Crippen LogP contribution in [-0.4, -0.2) is 24.7 Å². The van der Waals surface area contributed by atoms with Crippen molar-refractivity contribution in [2.45, 2.75) is 13.8 Å². The number of aromatic amines is 1. The largest absolute Gasteiger partial charge is 0.338 e. The van der Waals surface area contributed by atoms with Gasteiger partial charge < -0.3 is 4.98 Å². The average Bonchev–Trinajstić information content (AvgIpc) is 3.23. The molecule has 5 aromatic rings. The lowest BCUT2D eigenvalue weighted by Crippen LogP contribution is -1.99. The number of hydrogen-bond acceptors (Lipinski definition) is 3. The van der Waals surface area contributed by atoms with E-state index in [1.807, 2.05) is 73.1 Å². The van der Waals surface area contributed by atoms with Crippen molar-refractivity contribution < 1.29 is 0 Å². The quantitative estimate of drug-likeness (QED) is 0.512. The zero-order valence-corrected chi connectivity index (χ0v) is 14.6. The van der Waals surface area contributed by atoms with Crippen molar-refractivity contribution in [2.75, 3.05) is 0 Å². The molecule has 0 bridgehead atoms. The third-order valence-electron chi connectivity index (χ3n) is 4.68. The number of nitrogens with one attached hydrogen (secondary N) is 1. The summed E-state index contributed by atoms with van der Waals surface area (Å²) in [7, 11) is 0. The van der Waals surface area contributed by atoms with E-state index in [0.717, 1.165) is 50.5 Å². The normalized spacial score (nSPS) is 11.5. The van der Waals surface area contributed by atoms with E-state index in [9.17, 15) is 0 Å². The molecule has 2 aromatic carbocycles. The molecule has 0 radical (unpaired) electrons. The fourth-order valence-electron chi connectivity index (χ4n) is 3.34. The van der Waals surface area contributed by atoms with Gasteiger partial charge in [-0.25, -0.2) is 14.6 Å². The molecular formula is C21H17N5. The van der Waals surface area contributed by atoms with Crippen LogP contribution in [0, 0.1) is 13.8 Å². The van der Waals surface area contributed by atoms with Crippen LogP contribution in [0.15, 0.2) is 60.7 Å². The molecule has 0 saturated heterocycles. The summed E-state index contributed by atoms with van der Waals surface area (Å²) >= 11 is 0. The summed E-state index contributed by atoms with van der Waals surface area (Å²) in [5.74, 6) is 0.838. The van der Waals surface area contributed by atoms with Crippen molar-refractivity contribution >= 4 is 22.1 Å².